The lowest BCUT2D eigenvalue weighted by atomic mass is 9.94. The van der Waals surface area contributed by atoms with Gasteiger partial charge >= 0.3 is 0 Å². The number of hydrogen-bond acceptors (Lipinski definition) is 2. The first kappa shape index (κ1) is 13.7. The van der Waals surface area contributed by atoms with Crippen LogP contribution in [0.15, 0.2) is 22.8 Å². The molecule has 0 bridgehead atoms. The molecule has 0 aliphatic carbocycles. The fourth-order valence-corrected chi connectivity index (χ4v) is 2.17. The van der Waals surface area contributed by atoms with Crippen molar-refractivity contribution in [2.75, 3.05) is 6.54 Å². The molecular formula is C13H21BrN2. The molecule has 2 nitrogen and oxygen atoms in total. The Kier molecular flexibility index (Phi) is 5.99. The lowest BCUT2D eigenvalue weighted by Gasteiger charge is -2.23. The standard InChI is InChI=1S/C13H21BrN2/c1-4-8-15-10(3)12(5-2)13-7-6-11(14)9-16-13/h6-7,9-10,12,15H,4-5,8H2,1-3H3. The molecule has 0 fully saturated rings. The molecule has 3 heteroatoms. The molecule has 1 aromatic rings. The van der Waals surface area contributed by atoms with Gasteiger partial charge in [-0.1, -0.05) is 13.8 Å². The van der Waals surface area contributed by atoms with Gasteiger partial charge in [-0.2, -0.15) is 0 Å². The third-order valence-electron chi connectivity index (χ3n) is 2.89. The maximum atomic E-state index is 4.49. The molecule has 2 atom stereocenters. The summed E-state index contributed by atoms with van der Waals surface area (Å²) in [7, 11) is 0. The second kappa shape index (κ2) is 7.02. The predicted molar refractivity (Wildman–Crippen MR) is 72.7 cm³/mol. The molecule has 1 rings (SSSR count). The average Bonchev–Trinajstić information content (AvgIpc) is 2.30. The van der Waals surface area contributed by atoms with E-state index in [4.69, 9.17) is 0 Å². The third kappa shape index (κ3) is 3.87. The molecule has 1 aromatic heterocycles. The van der Waals surface area contributed by atoms with Gasteiger partial charge in [0.05, 0.1) is 0 Å². The Morgan fingerprint density at radius 1 is 1.38 bits per heavy atom. The van der Waals surface area contributed by atoms with E-state index >= 15 is 0 Å². The molecule has 0 aromatic carbocycles. The number of halogens is 1. The van der Waals surface area contributed by atoms with Crippen molar-refractivity contribution >= 4 is 15.9 Å². The fraction of sp³-hybridized carbons (Fsp3) is 0.615. The molecule has 1 N–H and O–H groups in total. The lowest BCUT2D eigenvalue weighted by molar-refractivity contribution is 0.443. The Morgan fingerprint density at radius 2 is 2.12 bits per heavy atom. The zero-order valence-corrected chi connectivity index (χ0v) is 11.9. The van der Waals surface area contributed by atoms with Gasteiger partial charge in [-0.3, -0.25) is 4.98 Å². The first-order chi connectivity index (χ1) is 7.69. The predicted octanol–water partition coefficient (Wildman–Crippen LogP) is 3.73. The summed E-state index contributed by atoms with van der Waals surface area (Å²) >= 11 is 3.42. The van der Waals surface area contributed by atoms with Gasteiger partial charge in [0.2, 0.25) is 0 Å². The summed E-state index contributed by atoms with van der Waals surface area (Å²) in [6.45, 7) is 7.73. The highest BCUT2D eigenvalue weighted by Crippen LogP contribution is 2.22. The lowest BCUT2D eigenvalue weighted by Crippen LogP contribution is -2.32. The molecule has 0 saturated carbocycles. The van der Waals surface area contributed by atoms with Crippen molar-refractivity contribution in [1.29, 1.82) is 0 Å². The molecule has 0 amide bonds. The van der Waals surface area contributed by atoms with Crippen LogP contribution in [0.4, 0.5) is 0 Å². The minimum atomic E-state index is 0.485. The van der Waals surface area contributed by atoms with Gasteiger partial charge < -0.3 is 5.32 Å². The summed E-state index contributed by atoms with van der Waals surface area (Å²) in [5, 5.41) is 3.54. The van der Waals surface area contributed by atoms with Gasteiger partial charge in [-0.25, -0.2) is 0 Å². The molecule has 2 unspecified atom stereocenters. The van der Waals surface area contributed by atoms with Crippen LogP contribution in [-0.4, -0.2) is 17.6 Å². The smallest absolute Gasteiger partial charge is 0.0450 e. The monoisotopic (exact) mass is 284 g/mol. The number of aromatic nitrogens is 1. The quantitative estimate of drug-likeness (QED) is 0.861. The minimum absolute atomic E-state index is 0.485. The van der Waals surface area contributed by atoms with Crippen molar-refractivity contribution in [3.05, 3.63) is 28.5 Å². The van der Waals surface area contributed by atoms with Crippen LogP contribution in [0, 0.1) is 0 Å². The highest BCUT2D eigenvalue weighted by atomic mass is 79.9. The van der Waals surface area contributed by atoms with Crippen LogP contribution in [0.2, 0.25) is 0 Å². The zero-order chi connectivity index (χ0) is 12.0. The molecule has 0 radical (unpaired) electrons. The van der Waals surface area contributed by atoms with E-state index in [9.17, 15) is 0 Å². The van der Waals surface area contributed by atoms with E-state index in [0.717, 1.165) is 17.4 Å². The molecular weight excluding hydrogens is 264 g/mol. The van der Waals surface area contributed by atoms with Crippen LogP contribution >= 0.6 is 15.9 Å². The topological polar surface area (TPSA) is 24.9 Å². The Labute approximate surface area is 107 Å². The Balaban J connectivity index is 2.69. The Morgan fingerprint density at radius 3 is 2.62 bits per heavy atom. The molecule has 90 valence electrons. The van der Waals surface area contributed by atoms with Crippen molar-refractivity contribution in [2.24, 2.45) is 0 Å². The van der Waals surface area contributed by atoms with Crippen LogP contribution in [-0.2, 0) is 0 Å². The summed E-state index contributed by atoms with van der Waals surface area (Å²) in [5.74, 6) is 0.500. The number of hydrogen-bond donors (Lipinski definition) is 1. The van der Waals surface area contributed by atoms with E-state index < -0.39 is 0 Å². The normalized spacial score (nSPS) is 14.8. The molecule has 16 heavy (non-hydrogen) atoms. The van der Waals surface area contributed by atoms with Gasteiger partial charge in [-0.05, 0) is 54.4 Å². The minimum Gasteiger partial charge on any atom is -0.314 e. The molecule has 0 saturated heterocycles. The van der Waals surface area contributed by atoms with E-state index in [1.54, 1.807) is 0 Å². The van der Waals surface area contributed by atoms with Crippen LogP contribution < -0.4 is 5.32 Å². The summed E-state index contributed by atoms with van der Waals surface area (Å²) < 4.78 is 1.04. The van der Waals surface area contributed by atoms with Crippen LogP contribution in [0.1, 0.15) is 45.2 Å². The molecule has 0 aliphatic heterocycles. The maximum Gasteiger partial charge on any atom is 0.0450 e. The number of rotatable bonds is 6. The number of pyridine rings is 1. The first-order valence-corrected chi connectivity index (χ1v) is 6.83. The van der Waals surface area contributed by atoms with Crippen molar-refractivity contribution in [1.82, 2.24) is 10.3 Å². The summed E-state index contributed by atoms with van der Waals surface area (Å²) in [4.78, 5) is 4.49. The SMILES string of the molecule is CCCNC(C)C(CC)c1ccc(Br)cn1. The first-order valence-electron chi connectivity index (χ1n) is 6.03. The van der Waals surface area contributed by atoms with Gasteiger partial charge in [0.15, 0.2) is 0 Å². The molecule has 1 heterocycles. The van der Waals surface area contributed by atoms with E-state index in [0.29, 0.717) is 12.0 Å². The van der Waals surface area contributed by atoms with Crippen molar-refractivity contribution < 1.29 is 0 Å². The van der Waals surface area contributed by atoms with Gasteiger partial charge in [-0.15, -0.1) is 0 Å². The third-order valence-corrected chi connectivity index (χ3v) is 3.36. The van der Waals surface area contributed by atoms with Crippen LogP contribution in [0.5, 0.6) is 0 Å². The average molecular weight is 285 g/mol. The Bertz CT molecular complexity index is 297. The summed E-state index contributed by atoms with van der Waals surface area (Å²) in [5.41, 5.74) is 1.18. The summed E-state index contributed by atoms with van der Waals surface area (Å²) in [6, 6.07) is 4.67. The van der Waals surface area contributed by atoms with Crippen molar-refractivity contribution in [3.8, 4) is 0 Å². The van der Waals surface area contributed by atoms with Crippen LogP contribution in [0.3, 0.4) is 0 Å². The van der Waals surface area contributed by atoms with Crippen LogP contribution in [0.25, 0.3) is 0 Å². The van der Waals surface area contributed by atoms with E-state index in [1.165, 1.54) is 12.1 Å². The molecule has 0 aliphatic rings. The highest BCUT2D eigenvalue weighted by molar-refractivity contribution is 9.10. The Hall–Kier alpha value is -0.410. The second-order valence-corrected chi connectivity index (χ2v) is 5.07. The maximum absolute atomic E-state index is 4.49. The zero-order valence-electron chi connectivity index (χ0n) is 10.3. The van der Waals surface area contributed by atoms with Crippen molar-refractivity contribution in [3.63, 3.8) is 0 Å². The number of nitrogens with zero attached hydrogens (tertiary/aromatic N) is 1. The van der Waals surface area contributed by atoms with Gasteiger partial charge in [0, 0.05) is 28.3 Å². The van der Waals surface area contributed by atoms with E-state index in [1.807, 2.05) is 6.20 Å². The van der Waals surface area contributed by atoms with Gasteiger partial charge in [0.1, 0.15) is 0 Å². The van der Waals surface area contributed by atoms with Crippen molar-refractivity contribution in [2.45, 2.75) is 45.6 Å². The fourth-order valence-electron chi connectivity index (χ4n) is 1.94. The van der Waals surface area contributed by atoms with Gasteiger partial charge in [0.25, 0.3) is 0 Å². The largest absolute Gasteiger partial charge is 0.314 e. The van der Waals surface area contributed by atoms with E-state index in [-0.39, 0.29) is 0 Å². The van der Waals surface area contributed by atoms with E-state index in [2.05, 4.69) is 59.1 Å². The molecule has 0 spiro atoms. The number of nitrogens with one attached hydrogen (secondary N) is 1. The highest BCUT2D eigenvalue weighted by Gasteiger charge is 2.17. The second-order valence-electron chi connectivity index (χ2n) is 4.16. The summed E-state index contributed by atoms with van der Waals surface area (Å²) in [6.07, 6.45) is 4.17.